The van der Waals surface area contributed by atoms with Gasteiger partial charge in [-0.1, -0.05) is 42.5 Å². The molecule has 0 fully saturated rings. The Kier molecular flexibility index (Phi) is 5.62. The third kappa shape index (κ3) is 4.49. The van der Waals surface area contributed by atoms with Gasteiger partial charge in [-0.2, -0.15) is 0 Å². The van der Waals surface area contributed by atoms with E-state index in [1.165, 1.54) is 11.3 Å². The minimum absolute atomic E-state index is 0.212. The van der Waals surface area contributed by atoms with Gasteiger partial charge in [0.15, 0.2) is 11.5 Å². The number of pyridine rings is 1. The molecule has 2 N–H and O–H groups in total. The molecule has 4 rings (SSSR count). The van der Waals surface area contributed by atoms with Gasteiger partial charge in [0.05, 0.1) is 11.4 Å². The maximum Gasteiger partial charge on any atom is 0.262 e. The minimum atomic E-state index is -0.703. The first-order valence-corrected chi connectivity index (χ1v) is 10.0. The Morgan fingerprint density at radius 3 is 2.62 bits per heavy atom. The monoisotopic (exact) mass is 405 g/mol. The predicted octanol–water partition coefficient (Wildman–Crippen LogP) is 2.45. The third-order valence-corrected chi connectivity index (χ3v) is 5.32. The SMILES string of the molecule is O=C(NC(Cc1ccccc1)C(=O)NCc1nnc2ccccn12)c1cccs1. The number of amides is 2. The predicted molar refractivity (Wildman–Crippen MR) is 111 cm³/mol. The van der Waals surface area contributed by atoms with E-state index in [-0.39, 0.29) is 18.4 Å². The van der Waals surface area contributed by atoms with Crippen LogP contribution in [0.25, 0.3) is 5.65 Å². The van der Waals surface area contributed by atoms with E-state index >= 15 is 0 Å². The zero-order chi connectivity index (χ0) is 20.1. The number of nitrogens with one attached hydrogen (secondary N) is 2. The summed E-state index contributed by atoms with van der Waals surface area (Å²) in [6.07, 6.45) is 2.24. The van der Waals surface area contributed by atoms with Crippen LogP contribution in [0.2, 0.25) is 0 Å². The molecule has 0 saturated carbocycles. The number of carbonyl (C=O) groups is 2. The lowest BCUT2D eigenvalue weighted by atomic mass is 10.1. The van der Waals surface area contributed by atoms with Crippen molar-refractivity contribution < 1.29 is 9.59 Å². The van der Waals surface area contributed by atoms with E-state index in [0.29, 0.717) is 22.8 Å². The summed E-state index contributed by atoms with van der Waals surface area (Å²) in [6.45, 7) is 0.212. The number of carbonyl (C=O) groups excluding carboxylic acids is 2. The van der Waals surface area contributed by atoms with E-state index < -0.39 is 6.04 Å². The fourth-order valence-electron chi connectivity index (χ4n) is 3.00. The van der Waals surface area contributed by atoms with Gasteiger partial charge in [-0.05, 0) is 29.1 Å². The summed E-state index contributed by atoms with van der Waals surface area (Å²) in [4.78, 5) is 26.0. The molecule has 8 heteroatoms. The van der Waals surface area contributed by atoms with Crippen LogP contribution < -0.4 is 10.6 Å². The second kappa shape index (κ2) is 8.66. The second-order valence-corrected chi connectivity index (χ2v) is 7.40. The summed E-state index contributed by atoms with van der Waals surface area (Å²) in [5.41, 5.74) is 1.68. The van der Waals surface area contributed by atoms with Crippen molar-refractivity contribution in [2.24, 2.45) is 0 Å². The fraction of sp³-hybridized carbons (Fsp3) is 0.143. The summed E-state index contributed by atoms with van der Waals surface area (Å²) >= 11 is 1.34. The molecule has 0 spiro atoms. The van der Waals surface area contributed by atoms with Crippen molar-refractivity contribution >= 4 is 28.8 Å². The Morgan fingerprint density at radius 1 is 1.00 bits per heavy atom. The van der Waals surface area contributed by atoms with Gasteiger partial charge in [0.1, 0.15) is 6.04 Å². The zero-order valence-corrected chi connectivity index (χ0v) is 16.3. The quantitative estimate of drug-likeness (QED) is 0.494. The van der Waals surface area contributed by atoms with Crippen molar-refractivity contribution in [3.63, 3.8) is 0 Å². The highest BCUT2D eigenvalue weighted by atomic mass is 32.1. The van der Waals surface area contributed by atoms with Crippen LogP contribution in [-0.2, 0) is 17.8 Å². The van der Waals surface area contributed by atoms with Crippen LogP contribution in [0.1, 0.15) is 21.1 Å². The van der Waals surface area contributed by atoms with Gasteiger partial charge < -0.3 is 10.6 Å². The van der Waals surface area contributed by atoms with Crippen LogP contribution in [0.15, 0.2) is 72.2 Å². The third-order valence-electron chi connectivity index (χ3n) is 4.45. The highest BCUT2D eigenvalue weighted by Crippen LogP contribution is 2.10. The van der Waals surface area contributed by atoms with Gasteiger partial charge in [0, 0.05) is 12.6 Å². The molecule has 7 nitrogen and oxygen atoms in total. The van der Waals surface area contributed by atoms with Gasteiger partial charge in [-0.15, -0.1) is 21.5 Å². The molecule has 1 aromatic carbocycles. The molecule has 0 aliphatic heterocycles. The van der Waals surface area contributed by atoms with Crippen molar-refractivity contribution in [2.75, 3.05) is 0 Å². The number of benzene rings is 1. The molecule has 0 aliphatic rings. The van der Waals surface area contributed by atoms with Crippen molar-refractivity contribution in [3.05, 3.63) is 88.5 Å². The van der Waals surface area contributed by atoms with Crippen LogP contribution in [0.5, 0.6) is 0 Å². The summed E-state index contributed by atoms with van der Waals surface area (Å²) in [6, 6.07) is 18.0. The number of nitrogens with zero attached hydrogens (tertiary/aromatic N) is 3. The summed E-state index contributed by atoms with van der Waals surface area (Å²) in [5.74, 6) is 0.0902. The smallest absolute Gasteiger partial charge is 0.262 e. The average molecular weight is 405 g/mol. The molecule has 1 atom stereocenters. The Morgan fingerprint density at radius 2 is 1.83 bits per heavy atom. The Labute approximate surface area is 171 Å². The number of hydrogen-bond donors (Lipinski definition) is 2. The molecule has 0 saturated heterocycles. The summed E-state index contributed by atoms with van der Waals surface area (Å²) in [5, 5.41) is 15.8. The number of hydrogen-bond acceptors (Lipinski definition) is 5. The van der Waals surface area contributed by atoms with Gasteiger partial charge >= 0.3 is 0 Å². The van der Waals surface area contributed by atoms with E-state index in [1.807, 2.05) is 70.6 Å². The van der Waals surface area contributed by atoms with Crippen LogP contribution in [0.4, 0.5) is 0 Å². The van der Waals surface area contributed by atoms with Gasteiger partial charge in [0.25, 0.3) is 5.91 Å². The molecule has 3 aromatic heterocycles. The Bertz CT molecular complexity index is 1110. The van der Waals surface area contributed by atoms with E-state index in [9.17, 15) is 9.59 Å². The van der Waals surface area contributed by atoms with E-state index in [2.05, 4.69) is 20.8 Å². The maximum atomic E-state index is 12.9. The summed E-state index contributed by atoms with van der Waals surface area (Å²) < 4.78 is 1.82. The highest BCUT2D eigenvalue weighted by molar-refractivity contribution is 7.12. The van der Waals surface area contributed by atoms with E-state index in [4.69, 9.17) is 0 Å². The largest absolute Gasteiger partial charge is 0.347 e. The number of rotatable bonds is 7. The second-order valence-electron chi connectivity index (χ2n) is 6.46. The Balaban J connectivity index is 1.48. The lowest BCUT2D eigenvalue weighted by Crippen LogP contribution is -2.47. The van der Waals surface area contributed by atoms with Crippen molar-refractivity contribution in [2.45, 2.75) is 19.0 Å². The molecule has 0 bridgehead atoms. The molecule has 3 heterocycles. The molecule has 0 aliphatic carbocycles. The molecule has 146 valence electrons. The van der Waals surface area contributed by atoms with Gasteiger partial charge in [-0.25, -0.2) is 0 Å². The lowest BCUT2D eigenvalue weighted by Gasteiger charge is -2.18. The first-order chi connectivity index (χ1) is 14.2. The summed E-state index contributed by atoms with van der Waals surface area (Å²) in [7, 11) is 0. The number of thiophene rings is 1. The van der Waals surface area contributed by atoms with E-state index in [1.54, 1.807) is 6.07 Å². The first kappa shape index (κ1) is 18.8. The van der Waals surface area contributed by atoms with Crippen LogP contribution in [0.3, 0.4) is 0 Å². The van der Waals surface area contributed by atoms with Gasteiger partial charge in [-0.3, -0.25) is 14.0 Å². The number of aromatic nitrogens is 3. The van der Waals surface area contributed by atoms with Crippen LogP contribution >= 0.6 is 11.3 Å². The molecule has 1 unspecified atom stereocenters. The van der Waals surface area contributed by atoms with E-state index in [0.717, 1.165) is 5.56 Å². The lowest BCUT2D eigenvalue weighted by molar-refractivity contribution is -0.123. The van der Waals surface area contributed by atoms with Crippen molar-refractivity contribution in [3.8, 4) is 0 Å². The maximum absolute atomic E-state index is 12.9. The highest BCUT2D eigenvalue weighted by Gasteiger charge is 2.22. The molecular weight excluding hydrogens is 386 g/mol. The topological polar surface area (TPSA) is 88.4 Å². The normalized spacial score (nSPS) is 11.9. The molecule has 0 radical (unpaired) electrons. The molecule has 2 amide bonds. The van der Waals surface area contributed by atoms with Gasteiger partial charge in [0.2, 0.25) is 5.91 Å². The molecule has 4 aromatic rings. The minimum Gasteiger partial charge on any atom is -0.347 e. The fourth-order valence-corrected chi connectivity index (χ4v) is 3.62. The molecular formula is C21H19N5O2S. The van der Waals surface area contributed by atoms with Crippen molar-refractivity contribution in [1.29, 1.82) is 0 Å². The number of fused-ring (bicyclic) bond motifs is 1. The van der Waals surface area contributed by atoms with Crippen LogP contribution in [-0.4, -0.2) is 32.5 Å². The van der Waals surface area contributed by atoms with Crippen molar-refractivity contribution in [1.82, 2.24) is 25.2 Å². The zero-order valence-electron chi connectivity index (χ0n) is 15.5. The standard InChI is InChI=1S/C21H19N5O2S/c27-20(22-14-19-25-24-18-10-4-5-11-26(18)19)16(13-15-7-2-1-3-8-15)23-21(28)17-9-6-12-29-17/h1-12,16H,13-14H2,(H,22,27)(H,23,28). The first-order valence-electron chi connectivity index (χ1n) is 9.15. The average Bonchev–Trinajstić information content (AvgIpc) is 3.42. The molecule has 29 heavy (non-hydrogen) atoms. The van der Waals surface area contributed by atoms with Crippen LogP contribution in [0, 0.1) is 0 Å². The Hall–Kier alpha value is -3.52.